The normalized spacial score (nSPS) is 10.7. The van der Waals surface area contributed by atoms with Gasteiger partial charge in [-0.3, -0.25) is 4.79 Å². The summed E-state index contributed by atoms with van der Waals surface area (Å²) in [5, 5.41) is 6.78. The van der Waals surface area contributed by atoms with Crippen molar-refractivity contribution in [3.8, 4) is 23.0 Å². The molecule has 1 aromatic carbocycles. The molecule has 7 heteroatoms. The van der Waals surface area contributed by atoms with Crippen molar-refractivity contribution < 1.29 is 9.32 Å². The summed E-state index contributed by atoms with van der Waals surface area (Å²) in [6, 6.07) is 11.3. The van der Waals surface area contributed by atoms with Crippen LogP contribution in [0.5, 0.6) is 0 Å². The van der Waals surface area contributed by atoms with E-state index in [-0.39, 0.29) is 12.5 Å². The van der Waals surface area contributed by atoms with Gasteiger partial charge in [0, 0.05) is 22.8 Å². The lowest BCUT2D eigenvalue weighted by atomic mass is 10.2. The quantitative estimate of drug-likeness (QED) is 0.744. The molecule has 0 aliphatic carbocycles. The highest BCUT2D eigenvalue weighted by Crippen LogP contribution is 2.23. The Morgan fingerprint density at radius 3 is 2.83 bits per heavy atom. The number of carbonyl (C=O) groups is 1. The number of nitrogens with zero attached hydrogens (tertiary/aromatic N) is 3. The smallest absolute Gasteiger partial charge is 0.274 e. The molecule has 0 saturated carbocycles. The Morgan fingerprint density at radius 2 is 2.09 bits per heavy atom. The zero-order valence-electron chi connectivity index (χ0n) is 12.5. The van der Waals surface area contributed by atoms with E-state index in [9.17, 15) is 4.79 Å². The van der Waals surface area contributed by atoms with Crippen molar-refractivity contribution in [1.29, 1.82) is 0 Å². The second-order valence-corrected chi connectivity index (χ2v) is 5.82. The molecule has 0 bridgehead atoms. The number of rotatable bonds is 5. The van der Waals surface area contributed by atoms with Gasteiger partial charge in [-0.15, -0.1) is 0 Å². The highest BCUT2D eigenvalue weighted by atomic mass is 79.9. The largest absolute Gasteiger partial charge is 0.355 e. The van der Waals surface area contributed by atoms with Crippen molar-refractivity contribution in [3.63, 3.8) is 0 Å². The molecule has 1 N–H and O–H groups in total. The third-order valence-electron chi connectivity index (χ3n) is 3.26. The Bertz CT molecular complexity index is 808. The van der Waals surface area contributed by atoms with E-state index in [0.717, 1.165) is 10.0 Å². The number of hydrogen-bond acceptors (Lipinski definition) is 4. The molecule has 1 amide bonds. The van der Waals surface area contributed by atoms with Crippen LogP contribution in [0.2, 0.25) is 0 Å². The van der Waals surface area contributed by atoms with Crippen LogP contribution in [-0.2, 0) is 11.3 Å². The number of nitrogens with one attached hydrogen (secondary N) is 1. The summed E-state index contributed by atoms with van der Waals surface area (Å²) < 4.78 is 8.12. The SMILES string of the molecule is CCNC(=O)Cn1cccc1-c1nc(-c2ccc(Br)cc2)no1. The molecule has 0 fully saturated rings. The van der Waals surface area contributed by atoms with Gasteiger partial charge in [-0.25, -0.2) is 0 Å². The fourth-order valence-electron chi connectivity index (χ4n) is 2.20. The van der Waals surface area contributed by atoms with Gasteiger partial charge in [0.2, 0.25) is 11.7 Å². The van der Waals surface area contributed by atoms with Gasteiger partial charge in [0.15, 0.2) is 0 Å². The van der Waals surface area contributed by atoms with Crippen LogP contribution in [0.3, 0.4) is 0 Å². The van der Waals surface area contributed by atoms with Crippen LogP contribution >= 0.6 is 15.9 Å². The average Bonchev–Trinajstić information content (AvgIpc) is 3.17. The molecule has 0 aliphatic heterocycles. The zero-order chi connectivity index (χ0) is 16.2. The first-order valence-corrected chi connectivity index (χ1v) is 7.98. The fraction of sp³-hybridized carbons (Fsp3) is 0.188. The van der Waals surface area contributed by atoms with E-state index in [1.165, 1.54) is 0 Å². The summed E-state index contributed by atoms with van der Waals surface area (Å²) in [6.07, 6.45) is 1.81. The van der Waals surface area contributed by atoms with E-state index in [1.54, 1.807) is 4.57 Å². The van der Waals surface area contributed by atoms with E-state index in [4.69, 9.17) is 4.52 Å². The molecule has 23 heavy (non-hydrogen) atoms. The molecule has 0 saturated heterocycles. The summed E-state index contributed by atoms with van der Waals surface area (Å²) in [5.74, 6) is 0.841. The number of aromatic nitrogens is 3. The van der Waals surface area contributed by atoms with Crippen LogP contribution in [0.15, 0.2) is 51.6 Å². The lowest BCUT2D eigenvalue weighted by molar-refractivity contribution is -0.121. The van der Waals surface area contributed by atoms with Crippen molar-refractivity contribution in [1.82, 2.24) is 20.0 Å². The van der Waals surface area contributed by atoms with Gasteiger partial charge in [-0.2, -0.15) is 4.98 Å². The van der Waals surface area contributed by atoms with Gasteiger partial charge in [0.25, 0.3) is 5.89 Å². The Kier molecular flexibility index (Phi) is 4.57. The Hall–Kier alpha value is -2.41. The Morgan fingerprint density at radius 1 is 1.30 bits per heavy atom. The van der Waals surface area contributed by atoms with Crippen molar-refractivity contribution in [2.45, 2.75) is 13.5 Å². The van der Waals surface area contributed by atoms with Gasteiger partial charge in [0.1, 0.15) is 12.2 Å². The van der Waals surface area contributed by atoms with Crippen LogP contribution in [0, 0.1) is 0 Å². The number of halogens is 1. The summed E-state index contributed by atoms with van der Waals surface area (Å²) >= 11 is 3.39. The second-order valence-electron chi connectivity index (χ2n) is 4.90. The van der Waals surface area contributed by atoms with Crippen molar-refractivity contribution in [2.24, 2.45) is 0 Å². The van der Waals surface area contributed by atoms with Crippen molar-refractivity contribution in [2.75, 3.05) is 6.54 Å². The molecule has 0 atom stereocenters. The Balaban J connectivity index is 1.85. The average molecular weight is 375 g/mol. The van der Waals surface area contributed by atoms with E-state index in [1.807, 2.05) is 49.5 Å². The topological polar surface area (TPSA) is 73.0 Å². The van der Waals surface area contributed by atoms with Crippen LogP contribution < -0.4 is 5.32 Å². The summed E-state index contributed by atoms with van der Waals surface area (Å²) in [6.45, 7) is 2.70. The molecule has 2 aromatic heterocycles. The molecular formula is C16H15BrN4O2. The standard InChI is InChI=1S/C16H15BrN4O2/c1-2-18-14(22)10-21-9-3-4-13(21)16-19-15(20-23-16)11-5-7-12(17)8-6-11/h3-9H,2,10H2,1H3,(H,18,22). The first-order chi connectivity index (χ1) is 11.2. The predicted molar refractivity (Wildman–Crippen MR) is 89.5 cm³/mol. The first kappa shape index (κ1) is 15.5. The van der Waals surface area contributed by atoms with E-state index in [0.29, 0.717) is 24.0 Å². The van der Waals surface area contributed by atoms with Gasteiger partial charge < -0.3 is 14.4 Å². The van der Waals surface area contributed by atoms with Gasteiger partial charge in [-0.1, -0.05) is 21.1 Å². The molecule has 3 aromatic rings. The molecule has 6 nitrogen and oxygen atoms in total. The first-order valence-electron chi connectivity index (χ1n) is 7.19. The van der Waals surface area contributed by atoms with Gasteiger partial charge in [-0.05, 0) is 43.3 Å². The lowest BCUT2D eigenvalue weighted by Crippen LogP contribution is -2.27. The number of carbonyl (C=O) groups excluding carboxylic acids is 1. The maximum atomic E-state index is 11.7. The minimum atomic E-state index is -0.0578. The number of amides is 1. The molecular weight excluding hydrogens is 360 g/mol. The third-order valence-corrected chi connectivity index (χ3v) is 3.79. The Labute approximate surface area is 141 Å². The monoisotopic (exact) mass is 374 g/mol. The third kappa shape index (κ3) is 3.50. The molecule has 0 unspecified atom stereocenters. The number of likely N-dealkylation sites (N-methyl/N-ethyl adjacent to an activating group) is 1. The molecule has 3 rings (SSSR count). The maximum absolute atomic E-state index is 11.7. The highest BCUT2D eigenvalue weighted by molar-refractivity contribution is 9.10. The molecule has 2 heterocycles. The maximum Gasteiger partial charge on any atom is 0.274 e. The van der Waals surface area contributed by atoms with Gasteiger partial charge in [0.05, 0.1) is 0 Å². The molecule has 0 radical (unpaired) electrons. The van der Waals surface area contributed by atoms with Crippen molar-refractivity contribution >= 4 is 21.8 Å². The van der Waals surface area contributed by atoms with Gasteiger partial charge >= 0.3 is 0 Å². The summed E-state index contributed by atoms with van der Waals surface area (Å²) in [7, 11) is 0. The minimum absolute atomic E-state index is 0.0578. The lowest BCUT2D eigenvalue weighted by Gasteiger charge is -2.06. The van der Waals surface area contributed by atoms with Crippen LogP contribution in [0.25, 0.3) is 23.0 Å². The van der Waals surface area contributed by atoms with Crippen LogP contribution in [-0.4, -0.2) is 27.2 Å². The summed E-state index contributed by atoms with van der Waals surface area (Å²) in [4.78, 5) is 16.2. The van der Waals surface area contributed by atoms with Crippen LogP contribution in [0.1, 0.15) is 6.92 Å². The molecule has 0 spiro atoms. The summed E-state index contributed by atoms with van der Waals surface area (Å²) in [5.41, 5.74) is 1.58. The fourth-order valence-corrected chi connectivity index (χ4v) is 2.46. The van der Waals surface area contributed by atoms with E-state index < -0.39 is 0 Å². The van der Waals surface area contributed by atoms with E-state index in [2.05, 4.69) is 31.4 Å². The number of hydrogen-bond donors (Lipinski definition) is 1. The predicted octanol–water partition coefficient (Wildman–Crippen LogP) is 3.10. The zero-order valence-corrected chi connectivity index (χ0v) is 14.1. The van der Waals surface area contributed by atoms with Crippen molar-refractivity contribution in [3.05, 3.63) is 47.1 Å². The minimum Gasteiger partial charge on any atom is -0.355 e. The highest BCUT2D eigenvalue weighted by Gasteiger charge is 2.15. The second kappa shape index (κ2) is 6.78. The number of benzene rings is 1. The molecule has 0 aliphatic rings. The molecule has 118 valence electrons. The van der Waals surface area contributed by atoms with E-state index >= 15 is 0 Å². The van der Waals surface area contributed by atoms with Crippen LogP contribution in [0.4, 0.5) is 0 Å².